The number of amides is 1. The third-order valence-corrected chi connectivity index (χ3v) is 3.75. The summed E-state index contributed by atoms with van der Waals surface area (Å²) in [6.07, 6.45) is 0. The first-order valence-corrected chi connectivity index (χ1v) is 6.81. The molecule has 1 aromatic heterocycles. The number of likely N-dealkylation sites (N-methyl/N-ethyl adjacent to an activating group) is 1. The van der Waals surface area contributed by atoms with E-state index >= 15 is 0 Å². The summed E-state index contributed by atoms with van der Waals surface area (Å²) in [4.78, 5) is 19.1. The molecule has 1 amide bonds. The Kier molecular flexibility index (Phi) is 5.58. The van der Waals surface area contributed by atoms with Crippen molar-refractivity contribution in [3.8, 4) is 0 Å². The van der Waals surface area contributed by atoms with E-state index < -0.39 is 0 Å². The number of hydrogen-bond donors (Lipinski definition) is 1. The summed E-state index contributed by atoms with van der Waals surface area (Å²) >= 11 is 1.69. The van der Waals surface area contributed by atoms with Crippen LogP contribution in [0.4, 0.5) is 0 Å². The number of carbonyl (C=O) groups excluding carboxylic acids is 1. The van der Waals surface area contributed by atoms with Crippen LogP contribution in [0.3, 0.4) is 0 Å². The molecular weight excluding hydrogens is 234 g/mol. The predicted molar refractivity (Wildman–Crippen MR) is 71.2 cm³/mol. The summed E-state index contributed by atoms with van der Waals surface area (Å²) in [6.45, 7) is 10.7. The number of rotatable bonds is 6. The summed E-state index contributed by atoms with van der Waals surface area (Å²) in [5, 5.41) is 4.26. The van der Waals surface area contributed by atoms with Gasteiger partial charge in [-0.15, -0.1) is 11.3 Å². The molecule has 0 spiro atoms. The third-order valence-electron chi connectivity index (χ3n) is 2.68. The molecule has 0 radical (unpaired) electrons. The molecule has 1 N–H and O–H groups in total. The van der Waals surface area contributed by atoms with Gasteiger partial charge in [-0.1, -0.05) is 0 Å². The monoisotopic (exact) mass is 255 g/mol. The summed E-state index contributed by atoms with van der Waals surface area (Å²) in [5.41, 5.74) is 1.07. The minimum Gasteiger partial charge on any atom is -0.342 e. The maximum Gasteiger partial charge on any atom is 0.236 e. The smallest absolute Gasteiger partial charge is 0.236 e. The van der Waals surface area contributed by atoms with Crippen molar-refractivity contribution >= 4 is 17.2 Å². The number of thiazole rings is 1. The van der Waals surface area contributed by atoms with Crippen LogP contribution in [0, 0.1) is 13.8 Å². The van der Waals surface area contributed by atoms with Crippen LogP contribution in [-0.2, 0) is 11.3 Å². The van der Waals surface area contributed by atoms with Crippen molar-refractivity contribution in [2.75, 3.05) is 19.6 Å². The fourth-order valence-corrected chi connectivity index (χ4v) is 2.62. The van der Waals surface area contributed by atoms with E-state index in [1.54, 1.807) is 11.3 Å². The van der Waals surface area contributed by atoms with Crippen LogP contribution in [0.25, 0.3) is 0 Å². The second kappa shape index (κ2) is 6.71. The summed E-state index contributed by atoms with van der Waals surface area (Å²) in [6, 6.07) is 0. The van der Waals surface area contributed by atoms with Gasteiger partial charge in [0.1, 0.15) is 0 Å². The summed E-state index contributed by atoms with van der Waals surface area (Å²) < 4.78 is 0. The van der Waals surface area contributed by atoms with E-state index in [1.807, 2.05) is 32.6 Å². The Balaban J connectivity index is 2.37. The molecule has 0 saturated carbocycles. The lowest BCUT2D eigenvalue weighted by Crippen LogP contribution is -2.37. The minimum absolute atomic E-state index is 0.161. The molecule has 0 fully saturated rings. The molecular formula is C12H21N3OS. The molecule has 0 aliphatic heterocycles. The van der Waals surface area contributed by atoms with Gasteiger partial charge in [-0.2, -0.15) is 0 Å². The van der Waals surface area contributed by atoms with Crippen LogP contribution in [0.2, 0.25) is 0 Å². The normalized spacial score (nSPS) is 10.6. The average Bonchev–Trinajstić information content (AvgIpc) is 2.59. The number of nitrogens with zero attached hydrogens (tertiary/aromatic N) is 2. The Morgan fingerprint density at radius 2 is 2.00 bits per heavy atom. The van der Waals surface area contributed by atoms with Gasteiger partial charge in [0.2, 0.25) is 5.91 Å². The molecule has 0 bridgehead atoms. The van der Waals surface area contributed by atoms with Gasteiger partial charge in [0.05, 0.1) is 17.2 Å². The van der Waals surface area contributed by atoms with Gasteiger partial charge in [-0.25, -0.2) is 4.98 Å². The first-order chi connectivity index (χ1) is 8.08. The Labute approximate surface area is 107 Å². The number of aryl methyl sites for hydroxylation is 2. The summed E-state index contributed by atoms with van der Waals surface area (Å²) in [5.74, 6) is 0.161. The van der Waals surface area contributed by atoms with Gasteiger partial charge in [-0.3, -0.25) is 4.79 Å². The van der Waals surface area contributed by atoms with E-state index in [0.717, 1.165) is 30.3 Å². The lowest BCUT2D eigenvalue weighted by molar-refractivity contribution is -0.129. The van der Waals surface area contributed by atoms with Gasteiger partial charge < -0.3 is 10.2 Å². The molecule has 1 rings (SSSR count). The number of carbonyl (C=O) groups is 1. The highest BCUT2D eigenvalue weighted by Crippen LogP contribution is 2.16. The number of aromatic nitrogens is 1. The highest BCUT2D eigenvalue weighted by Gasteiger charge is 2.09. The lowest BCUT2D eigenvalue weighted by atomic mass is 10.4. The van der Waals surface area contributed by atoms with Crippen molar-refractivity contribution in [3.05, 3.63) is 15.6 Å². The molecule has 96 valence electrons. The maximum atomic E-state index is 11.7. The first-order valence-electron chi connectivity index (χ1n) is 5.99. The molecule has 0 unspecified atom stereocenters. The van der Waals surface area contributed by atoms with Gasteiger partial charge in [0.25, 0.3) is 0 Å². The van der Waals surface area contributed by atoms with E-state index in [9.17, 15) is 4.79 Å². The van der Waals surface area contributed by atoms with E-state index in [-0.39, 0.29) is 5.91 Å². The van der Waals surface area contributed by atoms with Crippen molar-refractivity contribution in [1.29, 1.82) is 0 Å². The SMILES string of the molecule is CCN(CC)C(=O)CNCc1sc(C)nc1C. The van der Waals surface area contributed by atoms with Crippen molar-refractivity contribution < 1.29 is 4.79 Å². The van der Waals surface area contributed by atoms with Crippen LogP contribution in [0.5, 0.6) is 0 Å². The number of hydrogen-bond acceptors (Lipinski definition) is 4. The van der Waals surface area contributed by atoms with Gasteiger partial charge >= 0.3 is 0 Å². The Hall–Kier alpha value is -0.940. The zero-order valence-electron chi connectivity index (χ0n) is 11.0. The molecule has 0 aliphatic carbocycles. The van der Waals surface area contributed by atoms with Crippen LogP contribution in [-0.4, -0.2) is 35.4 Å². The fraction of sp³-hybridized carbons (Fsp3) is 0.667. The summed E-state index contributed by atoms with van der Waals surface area (Å²) in [7, 11) is 0. The van der Waals surface area contributed by atoms with Crippen molar-refractivity contribution in [3.63, 3.8) is 0 Å². The van der Waals surface area contributed by atoms with Crippen molar-refractivity contribution in [2.45, 2.75) is 34.2 Å². The average molecular weight is 255 g/mol. The zero-order chi connectivity index (χ0) is 12.8. The van der Waals surface area contributed by atoms with Crippen molar-refractivity contribution in [2.24, 2.45) is 0 Å². The largest absolute Gasteiger partial charge is 0.342 e. The molecule has 5 heteroatoms. The van der Waals surface area contributed by atoms with E-state index in [2.05, 4.69) is 10.3 Å². The standard InChI is InChI=1S/C12H21N3OS/c1-5-15(6-2)12(16)8-13-7-11-9(3)14-10(4)17-11/h13H,5-8H2,1-4H3. The minimum atomic E-state index is 0.161. The predicted octanol–water partition coefficient (Wildman–Crippen LogP) is 1.72. The first kappa shape index (κ1) is 14.1. The molecule has 17 heavy (non-hydrogen) atoms. The molecule has 0 atom stereocenters. The topological polar surface area (TPSA) is 45.2 Å². The van der Waals surface area contributed by atoms with Crippen LogP contribution in [0.15, 0.2) is 0 Å². The molecule has 4 nitrogen and oxygen atoms in total. The molecule has 0 aromatic carbocycles. The Morgan fingerprint density at radius 1 is 1.35 bits per heavy atom. The lowest BCUT2D eigenvalue weighted by Gasteiger charge is -2.18. The van der Waals surface area contributed by atoms with Crippen LogP contribution >= 0.6 is 11.3 Å². The highest BCUT2D eigenvalue weighted by molar-refractivity contribution is 7.11. The van der Waals surface area contributed by atoms with Gasteiger partial charge in [0.15, 0.2) is 0 Å². The Bertz CT molecular complexity index is 372. The Morgan fingerprint density at radius 3 is 2.47 bits per heavy atom. The van der Waals surface area contributed by atoms with Crippen molar-refractivity contribution in [1.82, 2.24) is 15.2 Å². The quantitative estimate of drug-likeness (QED) is 0.842. The molecule has 1 aromatic rings. The fourth-order valence-electron chi connectivity index (χ4n) is 1.71. The van der Waals surface area contributed by atoms with Gasteiger partial charge in [-0.05, 0) is 27.7 Å². The molecule has 1 heterocycles. The third kappa shape index (κ3) is 4.09. The van der Waals surface area contributed by atoms with Gasteiger partial charge in [0, 0.05) is 24.5 Å². The zero-order valence-corrected chi connectivity index (χ0v) is 11.9. The van der Waals surface area contributed by atoms with E-state index in [1.165, 1.54) is 4.88 Å². The number of nitrogens with one attached hydrogen (secondary N) is 1. The maximum absolute atomic E-state index is 11.7. The van der Waals surface area contributed by atoms with Crippen LogP contribution in [0.1, 0.15) is 29.4 Å². The second-order valence-electron chi connectivity index (χ2n) is 3.91. The highest BCUT2D eigenvalue weighted by atomic mass is 32.1. The van der Waals surface area contributed by atoms with E-state index in [4.69, 9.17) is 0 Å². The van der Waals surface area contributed by atoms with E-state index in [0.29, 0.717) is 6.54 Å². The van der Waals surface area contributed by atoms with Crippen LogP contribution < -0.4 is 5.32 Å². The molecule has 0 saturated heterocycles. The second-order valence-corrected chi connectivity index (χ2v) is 5.20. The molecule has 0 aliphatic rings.